The van der Waals surface area contributed by atoms with Gasteiger partial charge >= 0.3 is 5.69 Å². The van der Waals surface area contributed by atoms with Crippen LogP contribution in [-0.4, -0.2) is 34.2 Å². The lowest BCUT2D eigenvalue weighted by atomic mass is 10.1. The van der Waals surface area contributed by atoms with Gasteiger partial charge in [-0.05, 0) is 37.9 Å². The highest BCUT2D eigenvalue weighted by Crippen LogP contribution is 2.25. The van der Waals surface area contributed by atoms with E-state index in [4.69, 9.17) is 0 Å². The number of para-hydroxylation sites is 1. The zero-order valence-electron chi connectivity index (χ0n) is 15.9. The molecule has 0 bridgehead atoms. The molecular weight excluding hydrogens is 328 g/mol. The van der Waals surface area contributed by atoms with Crippen LogP contribution in [0.3, 0.4) is 0 Å². The molecule has 1 aliphatic heterocycles. The topological polar surface area (TPSA) is 50.5 Å². The molecule has 2 heterocycles. The van der Waals surface area contributed by atoms with Gasteiger partial charge in [0.25, 0.3) is 5.56 Å². The monoisotopic (exact) mass is 356 g/mol. The van der Waals surface area contributed by atoms with Crippen molar-refractivity contribution in [1.29, 1.82) is 0 Å². The molecule has 26 heavy (non-hydrogen) atoms. The van der Waals surface area contributed by atoms with E-state index in [0.717, 1.165) is 29.9 Å². The van der Waals surface area contributed by atoms with Crippen molar-refractivity contribution in [2.24, 2.45) is 14.1 Å². The highest BCUT2D eigenvalue weighted by Gasteiger charge is 2.15. The lowest BCUT2D eigenvalue weighted by molar-refractivity contribution is 0.308. The van der Waals surface area contributed by atoms with Crippen molar-refractivity contribution in [3.63, 3.8) is 0 Å². The van der Waals surface area contributed by atoms with E-state index < -0.39 is 0 Å². The van der Waals surface area contributed by atoms with Crippen LogP contribution in [0.2, 0.25) is 0 Å². The standard InChI is InChI=1S/C20H28N4O2/c1-21(15-17-13-19(25)23(3)20(26)22(17)2)14-16-9-5-6-10-18(16)24-11-7-4-8-12-24/h5-6,9-10,13H,4,7-8,11-12,14-15H2,1-3H3. The Morgan fingerprint density at radius 3 is 2.38 bits per heavy atom. The Bertz CT molecular complexity index is 878. The third-order valence-corrected chi connectivity index (χ3v) is 5.19. The van der Waals surface area contributed by atoms with Crippen molar-refractivity contribution >= 4 is 5.69 Å². The van der Waals surface area contributed by atoms with Crippen LogP contribution in [0, 0.1) is 0 Å². The first-order valence-electron chi connectivity index (χ1n) is 9.24. The average molecular weight is 356 g/mol. The van der Waals surface area contributed by atoms with Crippen molar-refractivity contribution < 1.29 is 0 Å². The summed E-state index contributed by atoms with van der Waals surface area (Å²) in [7, 11) is 5.24. The predicted octanol–water partition coefficient (Wildman–Crippen LogP) is 1.71. The molecule has 0 radical (unpaired) electrons. The van der Waals surface area contributed by atoms with Crippen LogP contribution >= 0.6 is 0 Å². The van der Waals surface area contributed by atoms with Gasteiger partial charge in [0.1, 0.15) is 0 Å². The summed E-state index contributed by atoms with van der Waals surface area (Å²) in [6, 6.07) is 10.1. The highest BCUT2D eigenvalue weighted by atomic mass is 16.2. The smallest absolute Gasteiger partial charge is 0.330 e. The Morgan fingerprint density at radius 2 is 1.65 bits per heavy atom. The molecule has 3 rings (SSSR count). The Labute approximate surface area is 154 Å². The molecule has 1 saturated heterocycles. The van der Waals surface area contributed by atoms with Gasteiger partial charge in [0.05, 0.1) is 0 Å². The predicted molar refractivity (Wildman–Crippen MR) is 105 cm³/mol. The number of aromatic nitrogens is 2. The normalized spacial score (nSPS) is 14.8. The van der Waals surface area contributed by atoms with E-state index >= 15 is 0 Å². The highest BCUT2D eigenvalue weighted by molar-refractivity contribution is 5.53. The third kappa shape index (κ3) is 3.90. The van der Waals surface area contributed by atoms with Crippen LogP contribution in [0.5, 0.6) is 0 Å². The molecule has 1 fully saturated rings. The molecule has 1 aromatic heterocycles. The molecule has 1 aliphatic rings. The molecule has 0 N–H and O–H groups in total. The Balaban J connectivity index is 1.78. The quantitative estimate of drug-likeness (QED) is 0.818. The van der Waals surface area contributed by atoms with E-state index in [2.05, 4.69) is 34.1 Å². The van der Waals surface area contributed by atoms with Crippen molar-refractivity contribution in [3.8, 4) is 0 Å². The molecule has 0 spiro atoms. The second kappa shape index (κ2) is 7.91. The summed E-state index contributed by atoms with van der Waals surface area (Å²) in [6.07, 6.45) is 3.81. The summed E-state index contributed by atoms with van der Waals surface area (Å²) in [5.41, 5.74) is 2.78. The zero-order chi connectivity index (χ0) is 18.7. The Hall–Kier alpha value is -2.34. The molecule has 0 atom stereocenters. The van der Waals surface area contributed by atoms with Gasteiger partial charge in [0.15, 0.2) is 0 Å². The van der Waals surface area contributed by atoms with Crippen LogP contribution in [0.25, 0.3) is 0 Å². The zero-order valence-corrected chi connectivity index (χ0v) is 15.9. The molecule has 2 aromatic rings. The maximum absolute atomic E-state index is 12.1. The first-order valence-corrected chi connectivity index (χ1v) is 9.24. The van der Waals surface area contributed by atoms with Gasteiger partial charge in [0, 0.05) is 57.7 Å². The Morgan fingerprint density at radius 1 is 0.962 bits per heavy atom. The fourth-order valence-corrected chi connectivity index (χ4v) is 3.64. The molecular formula is C20H28N4O2. The van der Waals surface area contributed by atoms with Crippen LogP contribution in [0.4, 0.5) is 5.69 Å². The molecule has 0 aliphatic carbocycles. The van der Waals surface area contributed by atoms with Gasteiger partial charge < -0.3 is 4.90 Å². The largest absolute Gasteiger partial charge is 0.371 e. The number of hydrogen-bond acceptors (Lipinski definition) is 4. The van der Waals surface area contributed by atoms with Gasteiger partial charge in [0.2, 0.25) is 0 Å². The minimum atomic E-state index is -0.283. The van der Waals surface area contributed by atoms with E-state index in [0.29, 0.717) is 6.54 Å². The molecule has 0 amide bonds. The molecule has 6 heteroatoms. The number of piperidine rings is 1. The van der Waals surface area contributed by atoms with Crippen LogP contribution in [0.1, 0.15) is 30.5 Å². The van der Waals surface area contributed by atoms with Gasteiger partial charge in [-0.2, -0.15) is 0 Å². The van der Waals surface area contributed by atoms with Crippen LogP contribution in [-0.2, 0) is 27.2 Å². The summed E-state index contributed by atoms with van der Waals surface area (Å²) in [6.45, 7) is 3.56. The Kier molecular flexibility index (Phi) is 5.61. The van der Waals surface area contributed by atoms with Crippen molar-refractivity contribution in [1.82, 2.24) is 14.0 Å². The summed E-state index contributed by atoms with van der Waals surface area (Å²) in [4.78, 5) is 28.7. The van der Waals surface area contributed by atoms with E-state index in [1.807, 2.05) is 7.05 Å². The fraction of sp³-hybridized carbons (Fsp3) is 0.500. The summed E-state index contributed by atoms with van der Waals surface area (Å²) in [5.74, 6) is 0. The first-order chi connectivity index (χ1) is 12.5. The average Bonchev–Trinajstić information content (AvgIpc) is 2.65. The number of rotatable bonds is 5. The van der Waals surface area contributed by atoms with Crippen molar-refractivity contribution in [3.05, 3.63) is 62.4 Å². The van der Waals surface area contributed by atoms with Gasteiger partial charge in [-0.3, -0.25) is 18.8 Å². The minimum Gasteiger partial charge on any atom is -0.371 e. The van der Waals surface area contributed by atoms with E-state index in [1.165, 1.54) is 37.6 Å². The number of hydrogen-bond donors (Lipinski definition) is 0. The van der Waals surface area contributed by atoms with Gasteiger partial charge in [-0.1, -0.05) is 18.2 Å². The molecule has 6 nitrogen and oxygen atoms in total. The third-order valence-electron chi connectivity index (χ3n) is 5.19. The van der Waals surface area contributed by atoms with Crippen LogP contribution in [0.15, 0.2) is 39.9 Å². The fourth-order valence-electron chi connectivity index (χ4n) is 3.64. The SMILES string of the molecule is CN(Cc1ccccc1N1CCCCC1)Cc1cc(=O)n(C)c(=O)n1C. The van der Waals surface area contributed by atoms with Gasteiger partial charge in [-0.15, -0.1) is 0 Å². The van der Waals surface area contributed by atoms with Crippen molar-refractivity contribution in [2.45, 2.75) is 32.4 Å². The van der Waals surface area contributed by atoms with E-state index in [1.54, 1.807) is 17.7 Å². The van der Waals surface area contributed by atoms with Gasteiger partial charge in [-0.25, -0.2) is 4.79 Å². The minimum absolute atomic E-state index is 0.259. The number of nitrogens with zero attached hydrogens (tertiary/aromatic N) is 4. The number of benzene rings is 1. The van der Waals surface area contributed by atoms with E-state index in [-0.39, 0.29) is 11.2 Å². The second-order valence-corrected chi connectivity index (χ2v) is 7.22. The lowest BCUT2D eigenvalue weighted by Gasteiger charge is -2.31. The maximum atomic E-state index is 12.1. The number of anilines is 1. The molecule has 0 unspecified atom stereocenters. The lowest BCUT2D eigenvalue weighted by Crippen LogP contribution is -2.39. The van der Waals surface area contributed by atoms with Crippen molar-refractivity contribution in [2.75, 3.05) is 25.0 Å². The molecule has 140 valence electrons. The van der Waals surface area contributed by atoms with Crippen LogP contribution < -0.4 is 16.1 Å². The summed E-state index contributed by atoms with van der Waals surface area (Å²) >= 11 is 0. The molecule has 1 aromatic carbocycles. The second-order valence-electron chi connectivity index (χ2n) is 7.22. The summed E-state index contributed by atoms with van der Waals surface area (Å²) < 4.78 is 2.68. The molecule has 0 saturated carbocycles. The maximum Gasteiger partial charge on any atom is 0.330 e. The first kappa shape index (κ1) is 18.5. The van der Waals surface area contributed by atoms with E-state index in [9.17, 15) is 9.59 Å². The summed E-state index contributed by atoms with van der Waals surface area (Å²) in [5, 5.41) is 0.